The number of anilines is 2. The average Bonchev–Trinajstić information content (AvgIpc) is 2.61. The molecule has 4 rings (SSSR count). The fourth-order valence-electron chi connectivity index (χ4n) is 3.69. The molecule has 0 spiro atoms. The summed E-state index contributed by atoms with van der Waals surface area (Å²) in [6.07, 6.45) is 6.99. The van der Waals surface area contributed by atoms with Crippen LogP contribution in [0, 0.1) is 11.7 Å². The van der Waals surface area contributed by atoms with Gasteiger partial charge >= 0.3 is 0 Å². The third kappa shape index (κ3) is 3.69. The lowest BCUT2D eigenvalue weighted by molar-refractivity contribution is -0.139. The van der Waals surface area contributed by atoms with Gasteiger partial charge in [0.05, 0.1) is 5.69 Å². The van der Waals surface area contributed by atoms with Crippen LogP contribution in [0.3, 0.4) is 0 Å². The number of hydrogen-bond acceptors (Lipinski definition) is 4. The van der Waals surface area contributed by atoms with E-state index in [1.54, 1.807) is 18.3 Å². The van der Waals surface area contributed by atoms with E-state index in [0.29, 0.717) is 17.5 Å². The molecule has 2 aliphatic rings. The number of rotatable bonds is 4. The minimum Gasteiger partial charge on any atom is -0.342 e. The minimum atomic E-state index is -0.302. The third-order valence-corrected chi connectivity index (χ3v) is 5.36. The second kappa shape index (κ2) is 7.40. The van der Waals surface area contributed by atoms with Crippen LogP contribution >= 0.6 is 0 Å². The number of likely N-dealkylation sites (tertiary alicyclic amines) is 1. The molecule has 0 radical (unpaired) electrons. The highest BCUT2D eigenvalue weighted by Gasteiger charge is 2.32. The van der Waals surface area contributed by atoms with Gasteiger partial charge < -0.3 is 10.2 Å². The number of halogens is 1. The van der Waals surface area contributed by atoms with Crippen molar-refractivity contribution in [2.45, 2.75) is 38.0 Å². The maximum absolute atomic E-state index is 13.3. The van der Waals surface area contributed by atoms with Crippen LogP contribution in [-0.4, -0.2) is 33.9 Å². The van der Waals surface area contributed by atoms with Gasteiger partial charge in [-0.1, -0.05) is 12.5 Å². The molecule has 1 atom stereocenters. The second-order valence-electron chi connectivity index (χ2n) is 7.19. The predicted molar refractivity (Wildman–Crippen MR) is 97.6 cm³/mol. The molecule has 2 fully saturated rings. The Bertz CT molecular complexity index is 793. The van der Waals surface area contributed by atoms with Crippen LogP contribution < -0.4 is 5.32 Å². The van der Waals surface area contributed by atoms with Gasteiger partial charge in [0.2, 0.25) is 11.9 Å². The first-order valence-electron chi connectivity index (χ1n) is 9.33. The first-order valence-corrected chi connectivity index (χ1v) is 9.33. The molecule has 1 N–H and O–H groups in total. The number of piperidine rings is 1. The maximum Gasteiger partial charge on any atom is 0.227 e. The number of amides is 1. The van der Waals surface area contributed by atoms with Gasteiger partial charge in [-0.05, 0) is 49.9 Å². The summed E-state index contributed by atoms with van der Waals surface area (Å²) in [6.45, 7) is 1.58. The highest BCUT2D eigenvalue weighted by Crippen LogP contribution is 2.32. The van der Waals surface area contributed by atoms with Crippen molar-refractivity contribution >= 4 is 17.5 Å². The Morgan fingerprint density at radius 2 is 2.08 bits per heavy atom. The maximum atomic E-state index is 13.3. The summed E-state index contributed by atoms with van der Waals surface area (Å²) in [5.74, 6) is 0.931. The second-order valence-corrected chi connectivity index (χ2v) is 7.19. The first-order chi connectivity index (χ1) is 12.7. The van der Waals surface area contributed by atoms with Gasteiger partial charge in [0.1, 0.15) is 5.82 Å². The van der Waals surface area contributed by atoms with Crippen molar-refractivity contribution < 1.29 is 9.18 Å². The smallest absolute Gasteiger partial charge is 0.227 e. The van der Waals surface area contributed by atoms with Gasteiger partial charge in [0.25, 0.3) is 0 Å². The van der Waals surface area contributed by atoms with E-state index in [1.807, 2.05) is 11.0 Å². The molecule has 1 saturated carbocycles. The molecule has 1 saturated heterocycles. The molecule has 1 aromatic heterocycles. The summed E-state index contributed by atoms with van der Waals surface area (Å²) >= 11 is 0. The molecule has 5 nitrogen and oxygen atoms in total. The first kappa shape index (κ1) is 16.9. The molecule has 1 aliphatic heterocycles. The molecule has 1 aliphatic carbocycles. The van der Waals surface area contributed by atoms with Gasteiger partial charge in [-0.3, -0.25) is 4.79 Å². The number of carbonyl (C=O) groups excluding carboxylic acids is 1. The normalized spacial score (nSPS) is 20.5. The third-order valence-electron chi connectivity index (χ3n) is 5.36. The van der Waals surface area contributed by atoms with E-state index in [0.717, 1.165) is 44.5 Å². The van der Waals surface area contributed by atoms with Crippen LogP contribution in [0.4, 0.5) is 16.0 Å². The van der Waals surface area contributed by atoms with Crippen LogP contribution in [0.2, 0.25) is 0 Å². The number of nitrogens with zero attached hydrogens (tertiary/aromatic N) is 3. The van der Waals surface area contributed by atoms with Gasteiger partial charge in [-0.15, -0.1) is 0 Å². The zero-order chi connectivity index (χ0) is 17.9. The fourth-order valence-corrected chi connectivity index (χ4v) is 3.69. The molecule has 2 heterocycles. The lowest BCUT2D eigenvalue weighted by atomic mass is 9.83. The monoisotopic (exact) mass is 354 g/mol. The van der Waals surface area contributed by atoms with Crippen molar-refractivity contribution in [1.29, 1.82) is 0 Å². The quantitative estimate of drug-likeness (QED) is 0.906. The van der Waals surface area contributed by atoms with Crippen LogP contribution in [0.5, 0.6) is 0 Å². The summed E-state index contributed by atoms with van der Waals surface area (Å²) in [5.41, 5.74) is 1.55. The standard InChI is InChI=1S/C20H23FN4O/c21-16-7-2-8-17(12-16)23-20-22-10-9-18(24-20)15-6-3-11-25(13-15)19(26)14-4-1-5-14/h2,7-10,12,14-15H,1,3-6,11,13H2,(H,22,23,24)/t15-/m0/s1. The SMILES string of the molecule is O=C(C1CCC1)N1CCC[C@H](c2ccnc(Nc3cccc(F)c3)n2)C1. The van der Waals surface area contributed by atoms with Crippen LogP contribution in [0.1, 0.15) is 43.7 Å². The van der Waals surface area contributed by atoms with E-state index in [4.69, 9.17) is 0 Å². The summed E-state index contributed by atoms with van der Waals surface area (Å²) in [5, 5.41) is 3.05. The topological polar surface area (TPSA) is 58.1 Å². The number of aromatic nitrogens is 2. The number of benzene rings is 1. The molecule has 0 bridgehead atoms. The summed E-state index contributed by atoms with van der Waals surface area (Å²) in [7, 11) is 0. The highest BCUT2D eigenvalue weighted by molar-refractivity contribution is 5.79. The number of hydrogen-bond donors (Lipinski definition) is 1. The Labute approximate surface area is 152 Å². The lowest BCUT2D eigenvalue weighted by Gasteiger charge is -2.37. The Hall–Kier alpha value is -2.50. The lowest BCUT2D eigenvalue weighted by Crippen LogP contribution is -2.44. The molecule has 2 aromatic rings. The van der Waals surface area contributed by atoms with Gasteiger partial charge in [0, 0.05) is 36.8 Å². The van der Waals surface area contributed by atoms with E-state index in [2.05, 4.69) is 15.3 Å². The molecule has 1 amide bonds. The molecule has 0 unspecified atom stereocenters. The van der Waals surface area contributed by atoms with E-state index in [1.165, 1.54) is 18.6 Å². The van der Waals surface area contributed by atoms with Crippen LogP contribution in [-0.2, 0) is 4.79 Å². The fraction of sp³-hybridized carbons (Fsp3) is 0.450. The number of nitrogens with one attached hydrogen (secondary N) is 1. The summed E-state index contributed by atoms with van der Waals surface area (Å²) in [4.78, 5) is 23.4. The molecular formula is C20H23FN4O. The van der Waals surface area contributed by atoms with Gasteiger partial charge in [-0.2, -0.15) is 0 Å². The van der Waals surface area contributed by atoms with E-state index in [9.17, 15) is 9.18 Å². The zero-order valence-electron chi connectivity index (χ0n) is 14.7. The van der Waals surface area contributed by atoms with Crippen molar-refractivity contribution in [1.82, 2.24) is 14.9 Å². The largest absolute Gasteiger partial charge is 0.342 e. The Kier molecular flexibility index (Phi) is 4.82. The predicted octanol–water partition coefficient (Wildman–Crippen LogP) is 3.87. The molecule has 1 aromatic carbocycles. The van der Waals surface area contributed by atoms with Crippen molar-refractivity contribution in [2.24, 2.45) is 5.92 Å². The Morgan fingerprint density at radius 3 is 2.85 bits per heavy atom. The van der Waals surface area contributed by atoms with Crippen LogP contribution in [0.15, 0.2) is 36.5 Å². The minimum absolute atomic E-state index is 0.226. The van der Waals surface area contributed by atoms with Crippen LogP contribution in [0.25, 0.3) is 0 Å². The number of carbonyl (C=O) groups is 1. The van der Waals surface area contributed by atoms with Crippen molar-refractivity contribution in [3.8, 4) is 0 Å². The van der Waals surface area contributed by atoms with Crippen molar-refractivity contribution in [3.63, 3.8) is 0 Å². The van der Waals surface area contributed by atoms with E-state index >= 15 is 0 Å². The molecule has 136 valence electrons. The van der Waals surface area contributed by atoms with Crippen molar-refractivity contribution in [2.75, 3.05) is 18.4 Å². The average molecular weight is 354 g/mol. The molecule has 6 heteroatoms. The summed E-state index contributed by atoms with van der Waals surface area (Å²) < 4.78 is 13.3. The van der Waals surface area contributed by atoms with E-state index in [-0.39, 0.29) is 17.7 Å². The Balaban J connectivity index is 1.46. The molecular weight excluding hydrogens is 331 g/mol. The Morgan fingerprint density at radius 1 is 1.19 bits per heavy atom. The zero-order valence-corrected chi connectivity index (χ0v) is 14.7. The summed E-state index contributed by atoms with van der Waals surface area (Å²) in [6, 6.07) is 8.15. The van der Waals surface area contributed by atoms with Gasteiger partial charge in [-0.25, -0.2) is 14.4 Å². The molecule has 26 heavy (non-hydrogen) atoms. The highest BCUT2D eigenvalue weighted by atomic mass is 19.1. The van der Waals surface area contributed by atoms with Crippen molar-refractivity contribution in [3.05, 3.63) is 48.0 Å². The van der Waals surface area contributed by atoms with Gasteiger partial charge in [0.15, 0.2) is 0 Å². The van der Waals surface area contributed by atoms with E-state index < -0.39 is 0 Å².